The Kier molecular flexibility index (Phi) is 3.27. The number of aliphatic hydroxyl groups excluding tert-OH is 1. The number of para-hydroxylation sites is 1. The van der Waals surface area contributed by atoms with Crippen LogP contribution in [-0.4, -0.2) is 31.3 Å². The Bertz CT molecular complexity index is 421. The van der Waals surface area contributed by atoms with Gasteiger partial charge in [0.25, 0.3) is 0 Å². The van der Waals surface area contributed by atoms with Gasteiger partial charge in [0.05, 0.1) is 6.10 Å². The zero-order chi connectivity index (χ0) is 12.5. The van der Waals surface area contributed by atoms with Crippen molar-refractivity contribution < 1.29 is 5.11 Å². The van der Waals surface area contributed by atoms with Gasteiger partial charge in [0, 0.05) is 31.2 Å². The van der Waals surface area contributed by atoms with Gasteiger partial charge in [-0.25, -0.2) is 0 Å². The molecule has 0 bridgehead atoms. The van der Waals surface area contributed by atoms with Gasteiger partial charge in [-0.05, 0) is 37.4 Å². The summed E-state index contributed by atoms with van der Waals surface area (Å²) in [5.41, 5.74) is 2.70. The van der Waals surface area contributed by atoms with Gasteiger partial charge in [-0.1, -0.05) is 18.2 Å². The maximum atomic E-state index is 10.00. The topological polar surface area (TPSA) is 35.5 Å². The van der Waals surface area contributed by atoms with Crippen molar-refractivity contribution in [2.45, 2.75) is 25.5 Å². The molecule has 1 aromatic carbocycles. The Labute approximate surface area is 109 Å². The van der Waals surface area contributed by atoms with Gasteiger partial charge in [0.1, 0.15) is 0 Å². The SMILES string of the molecule is CNCc1ccccc1N1CC2CCC(O)C2C1. The zero-order valence-electron chi connectivity index (χ0n) is 11.0. The minimum atomic E-state index is -0.0727. The van der Waals surface area contributed by atoms with E-state index in [9.17, 15) is 5.11 Å². The summed E-state index contributed by atoms with van der Waals surface area (Å²) in [5, 5.41) is 13.2. The highest BCUT2D eigenvalue weighted by Gasteiger charge is 2.42. The number of nitrogens with zero attached hydrogens (tertiary/aromatic N) is 1. The summed E-state index contributed by atoms with van der Waals surface area (Å²) in [7, 11) is 1.99. The summed E-state index contributed by atoms with van der Waals surface area (Å²) >= 11 is 0. The van der Waals surface area contributed by atoms with Crippen LogP contribution in [0, 0.1) is 11.8 Å². The van der Waals surface area contributed by atoms with E-state index in [-0.39, 0.29) is 6.10 Å². The van der Waals surface area contributed by atoms with E-state index in [0.717, 1.165) is 26.1 Å². The minimum Gasteiger partial charge on any atom is -0.393 e. The summed E-state index contributed by atoms with van der Waals surface area (Å²) in [4.78, 5) is 2.46. The third kappa shape index (κ3) is 2.02. The summed E-state index contributed by atoms with van der Waals surface area (Å²) < 4.78 is 0. The predicted molar refractivity (Wildman–Crippen MR) is 73.6 cm³/mol. The van der Waals surface area contributed by atoms with E-state index in [0.29, 0.717) is 11.8 Å². The first kappa shape index (κ1) is 12.0. The minimum absolute atomic E-state index is 0.0727. The molecule has 18 heavy (non-hydrogen) atoms. The quantitative estimate of drug-likeness (QED) is 0.850. The fourth-order valence-corrected chi connectivity index (χ4v) is 3.59. The Morgan fingerprint density at radius 1 is 1.28 bits per heavy atom. The van der Waals surface area contributed by atoms with Crippen molar-refractivity contribution in [3.05, 3.63) is 29.8 Å². The van der Waals surface area contributed by atoms with Crippen molar-refractivity contribution in [3.63, 3.8) is 0 Å². The third-order valence-corrected chi connectivity index (χ3v) is 4.52. The van der Waals surface area contributed by atoms with Crippen LogP contribution in [0.2, 0.25) is 0 Å². The van der Waals surface area contributed by atoms with Gasteiger partial charge in [0.2, 0.25) is 0 Å². The molecule has 1 saturated heterocycles. The van der Waals surface area contributed by atoms with Crippen LogP contribution in [-0.2, 0) is 6.54 Å². The van der Waals surface area contributed by atoms with Gasteiger partial charge >= 0.3 is 0 Å². The lowest BCUT2D eigenvalue weighted by atomic mass is 10.00. The fraction of sp³-hybridized carbons (Fsp3) is 0.600. The summed E-state index contributed by atoms with van der Waals surface area (Å²) in [6.07, 6.45) is 2.12. The molecule has 3 atom stereocenters. The highest BCUT2D eigenvalue weighted by molar-refractivity contribution is 5.54. The van der Waals surface area contributed by atoms with Crippen molar-refractivity contribution in [2.24, 2.45) is 11.8 Å². The van der Waals surface area contributed by atoms with Gasteiger partial charge in [-0.2, -0.15) is 0 Å². The van der Waals surface area contributed by atoms with E-state index in [1.165, 1.54) is 17.7 Å². The van der Waals surface area contributed by atoms with Crippen LogP contribution in [0.3, 0.4) is 0 Å². The van der Waals surface area contributed by atoms with E-state index >= 15 is 0 Å². The fourth-order valence-electron chi connectivity index (χ4n) is 3.59. The second kappa shape index (κ2) is 4.90. The number of nitrogens with one attached hydrogen (secondary N) is 1. The third-order valence-electron chi connectivity index (χ3n) is 4.52. The zero-order valence-corrected chi connectivity index (χ0v) is 11.0. The maximum Gasteiger partial charge on any atom is 0.0588 e. The molecule has 98 valence electrons. The largest absolute Gasteiger partial charge is 0.393 e. The van der Waals surface area contributed by atoms with Crippen LogP contribution in [0.5, 0.6) is 0 Å². The smallest absolute Gasteiger partial charge is 0.0588 e. The van der Waals surface area contributed by atoms with E-state index in [4.69, 9.17) is 0 Å². The molecular formula is C15H22N2O. The molecule has 2 N–H and O–H groups in total. The average Bonchev–Trinajstić information content (AvgIpc) is 2.93. The van der Waals surface area contributed by atoms with Crippen molar-refractivity contribution in [1.29, 1.82) is 0 Å². The van der Waals surface area contributed by atoms with Crippen molar-refractivity contribution in [1.82, 2.24) is 5.32 Å². The molecule has 3 heteroatoms. The molecule has 0 spiro atoms. The molecule has 1 aliphatic carbocycles. The number of rotatable bonds is 3. The van der Waals surface area contributed by atoms with Crippen LogP contribution in [0.4, 0.5) is 5.69 Å². The Balaban J connectivity index is 1.80. The first-order valence-electron chi connectivity index (χ1n) is 6.95. The van der Waals surface area contributed by atoms with Gasteiger partial charge in [-0.15, -0.1) is 0 Å². The van der Waals surface area contributed by atoms with E-state index in [1.807, 2.05) is 7.05 Å². The average molecular weight is 246 g/mol. The van der Waals surface area contributed by atoms with Crippen LogP contribution < -0.4 is 10.2 Å². The molecule has 2 fully saturated rings. The van der Waals surface area contributed by atoms with Crippen molar-refractivity contribution in [3.8, 4) is 0 Å². The second-order valence-electron chi connectivity index (χ2n) is 5.63. The summed E-state index contributed by atoms with van der Waals surface area (Å²) in [5.74, 6) is 1.19. The molecule has 3 rings (SSSR count). The molecule has 1 aliphatic heterocycles. The molecule has 0 amide bonds. The van der Waals surface area contributed by atoms with E-state index < -0.39 is 0 Å². The Morgan fingerprint density at radius 2 is 2.11 bits per heavy atom. The molecule has 2 aliphatic rings. The number of fused-ring (bicyclic) bond motifs is 1. The monoisotopic (exact) mass is 246 g/mol. The molecule has 0 aromatic heterocycles. The second-order valence-corrected chi connectivity index (χ2v) is 5.63. The number of aliphatic hydroxyl groups is 1. The standard InChI is InChI=1S/C15H22N2O/c1-16-8-11-4-2-3-5-14(11)17-9-12-6-7-15(18)13(12)10-17/h2-5,12-13,15-16,18H,6-10H2,1H3. The number of hydrogen-bond donors (Lipinski definition) is 2. The number of benzene rings is 1. The van der Waals surface area contributed by atoms with Gasteiger partial charge in [0.15, 0.2) is 0 Å². The molecule has 1 aromatic rings. The van der Waals surface area contributed by atoms with E-state index in [2.05, 4.69) is 34.5 Å². The molecule has 1 saturated carbocycles. The van der Waals surface area contributed by atoms with Crippen LogP contribution in [0.1, 0.15) is 18.4 Å². The number of hydrogen-bond acceptors (Lipinski definition) is 3. The maximum absolute atomic E-state index is 10.00. The summed E-state index contributed by atoms with van der Waals surface area (Å²) in [6, 6.07) is 8.61. The van der Waals surface area contributed by atoms with Gasteiger partial charge < -0.3 is 15.3 Å². The highest BCUT2D eigenvalue weighted by Crippen LogP contribution is 2.40. The lowest BCUT2D eigenvalue weighted by Gasteiger charge is -2.23. The first-order valence-corrected chi connectivity index (χ1v) is 6.95. The molecule has 3 nitrogen and oxygen atoms in total. The van der Waals surface area contributed by atoms with Crippen LogP contribution in [0.25, 0.3) is 0 Å². The van der Waals surface area contributed by atoms with Gasteiger partial charge in [-0.3, -0.25) is 0 Å². The lowest BCUT2D eigenvalue weighted by molar-refractivity contribution is 0.133. The normalized spacial score (nSPS) is 30.8. The lowest BCUT2D eigenvalue weighted by Crippen LogP contribution is -2.25. The molecule has 0 radical (unpaired) electrons. The molecule has 3 unspecified atom stereocenters. The van der Waals surface area contributed by atoms with Crippen molar-refractivity contribution in [2.75, 3.05) is 25.0 Å². The molecule has 1 heterocycles. The van der Waals surface area contributed by atoms with Crippen LogP contribution in [0.15, 0.2) is 24.3 Å². The Hall–Kier alpha value is -1.06. The first-order chi connectivity index (χ1) is 8.79. The Morgan fingerprint density at radius 3 is 2.89 bits per heavy atom. The predicted octanol–water partition coefficient (Wildman–Crippen LogP) is 1.61. The number of anilines is 1. The highest BCUT2D eigenvalue weighted by atomic mass is 16.3. The summed E-state index contributed by atoms with van der Waals surface area (Å²) in [6.45, 7) is 3.04. The van der Waals surface area contributed by atoms with Crippen molar-refractivity contribution >= 4 is 5.69 Å². The van der Waals surface area contributed by atoms with E-state index in [1.54, 1.807) is 0 Å². The molecular weight excluding hydrogens is 224 g/mol. The van der Waals surface area contributed by atoms with Crippen LogP contribution >= 0.6 is 0 Å².